The number of carbonyl (C=O) groups is 1. The monoisotopic (exact) mass is 291 g/mol. The summed E-state index contributed by atoms with van der Waals surface area (Å²) in [6, 6.07) is 4.35. The highest BCUT2D eigenvalue weighted by molar-refractivity contribution is 6.08. The minimum absolute atomic E-state index is 0.0104. The Hall–Kier alpha value is -2.83. The van der Waals surface area contributed by atoms with Gasteiger partial charge in [0, 0.05) is 12.3 Å². The van der Waals surface area contributed by atoms with Crippen molar-refractivity contribution in [3.8, 4) is 11.5 Å². The summed E-state index contributed by atoms with van der Waals surface area (Å²) in [7, 11) is 2.88. The number of pyridine rings is 1. The molecule has 1 heterocycles. The van der Waals surface area contributed by atoms with Gasteiger partial charge < -0.3 is 20.5 Å². The fourth-order valence-corrected chi connectivity index (χ4v) is 1.74. The van der Waals surface area contributed by atoms with Gasteiger partial charge in [-0.2, -0.15) is 0 Å². The van der Waals surface area contributed by atoms with Crippen molar-refractivity contribution >= 4 is 17.3 Å². The van der Waals surface area contributed by atoms with E-state index in [1.807, 2.05) is 0 Å². The lowest BCUT2D eigenvalue weighted by molar-refractivity contribution is 0.102. The summed E-state index contributed by atoms with van der Waals surface area (Å²) in [6.07, 6.45) is 2.37. The van der Waals surface area contributed by atoms with E-state index in [1.54, 1.807) is 6.07 Å². The number of amides is 1. The molecule has 0 radical (unpaired) electrons. The minimum Gasteiger partial charge on any atom is -0.497 e. The number of nitrogens with zero attached hydrogens (tertiary/aromatic N) is 1. The number of aromatic nitrogens is 1. The molecule has 2 aromatic rings. The van der Waals surface area contributed by atoms with Crippen molar-refractivity contribution in [2.75, 3.05) is 25.3 Å². The van der Waals surface area contributed by atoms with Crippen LogP contribution >= 0.6 is 0 Å². The van der Waals surface area contributed by atoms with E-state index >= 15 is 0 Å². The van der Waals surface area contributed by atoms with Gasteiger partial charge in [0.15, 0.2) is 5.82 Å². The maximum absolute atomic E-state index is 13.5. The number of carbonyl (C=O) groups excluding carboxylic acids is 1. The Bertz CT molecular complexity index is 677. The number of hydrogen-bond acceptors (Lipinski definition) is 5. The number of halogens is 1. The molecular formula is C14H14FN3O3. The zero-order chi connectivity index (χ0) is 15.4. The molecule has 0 bridgehead atoms. The van der Waals surface area contributed by atoms with Gasteiger partial charge >= 0.3 is 0 Å². The molecule has 7 heteroatoms. The van der Waals surface area contributed by atoms with Crippen LogP contribution in [0.5, 0.6) is 11.5 Å². The first-order valence-electron chi connectivity index (χ1n) is 5.99. The second-order valence-electron chi connectivity index (χ2n) is 4.10. The highest BCUT2D eigenvalue weighted by atomic mass is 19.1. The Morgan fingerprint density at radius 1 is 1.33 bits per heavy atom. The first-order valence-corrected chi connectivity index (χ1v) is 5.99. The summed E-state index contributed by atoms with van der Waals surface area (Å²) < 4.78 is 23.7. The van der Waals surface area contributed by atoms with E-state index in [0.717, 1.165) is 6.20 Å². The molecule has 21 heavy (non-hydrogen) atoms. The highest BCUT2D eigenvalue weighted by Crippen LogP contribution is 2.31. The molecule has 0 aliphatic carbocycles. The molecule has 0 atom stereocenters. The van der Waals surface area contributed by atoms with Crippen molar-refractivity contribution in [2.24, 2.45) is 0 Å². The number of nitrogen functional groups attached to an aromatic ring is 1. The molecule has 1 aromatic carbocycles. The molecule has 1 aromatic heterocycles. The van der Waals surface area contributed by atoms with Crippen molar-refractivity contribution < 1.29 is 18.7 Å². The van der Waals surface area contributed by atoms with Crippen LogP contribution in [0.2, 0.25) is 0 Å². The molecule has 0 saturated heterocycles. The van der Waals surface area contributed by atoms with Gasteiger partial charge in [-0.25, -0.2) is 4.39 Å². The number of anilines is 2. The molecule has 3 N–H and O–H groups in total. The normalized spacial score (nSPS) is 10.0. The summed E-state index contributed by atoms with van der Waals surface area (Å²) in [4.78, 5) is 15.8. The van der Waals surface area contributed by atoms with Crippen LogP contribution in [0.15, 0.2) is 30.6 Å². The first kappa shape index (κ1) is 14.6. The van der Waals surface area contributed by atoms with Crippen LogP contribution in [0.1, 0.15) is 10.4 Å². The minimum atomic E-state index is -0.640. The third kappa shape index (κ3) is 3.02. The van der Waals surface area contributed by atoms with Crippen molar-refractivity contribution in [1.29, 1.82) is 0 Å². The molecule has 0 aliphatic heterocycles. The standard InChI is InChI=1S/C14H14FN3O3/c1-20-8-5-9(13(16)12(6-8)21-2)14(19)18-11-3-4-17-7-10(11)15/h3-7H,16H2,1-2H3,(H,17,18,19). The van der Waals surface area contributed by atoms with Crippen LogP contribution in [-0.2, 0) is 0 Å². The quantitative estimate of drug-likeness (QED) is 0.842. The number of hydrogen-bond donors (Lipinski definition) is 2. The molecule has 6 nitrogen and oxygen atoms in total. The van der Waals surface area contributed by atoms with Gasteiger partial charge in [-0.3, -0.25) is 9.78 Å². The lowest BCUT2D eigenvalue weighted by Crippen LogP contribution is -2.15. The molecule has 2 rings (SSSR count). The molecule has 1 amide bonds. The van der Waals surface area contributed by atoms with Gasteiger partial charge in [-0.1, -0.05) is 0 Å². The van der Waals surface area contributed by atoms with Crippen LogP contribution in [0.25, 0.3) is 0 Å². The summed E-state index contributed by atoms with van der Waals surface area (Å²) in [6.45, 7) is 0. The number of ether oxygens (including phenoxy) is 2. The van der Waals surface area contributed by atoms with Crippen molar-refractivity contribution in [1.82, 2.24) is 4.98 Å². The van der Waals surface area contributed by atoms with Crippen molar-refractivity contribution in [3.05, 3.63) is 42.0 Å². The lowest BCUT2D eigenvalue weighted by Gasteiger charge is -2.13. The number of benzene rings is 1. The van der Waals surface area contributed by atoms with E-state index in [-0.39, 0.29) is 16.9 Å². The predicted molar refractivity (Wildman–Crippen MR) is 76.1 cm³/mol. The van der Waals surface area contributed by atoms with Crippen LogP contribution in [0.4, 0.5) is 15.8 Å². The maximum Gasteiger partial charge on any atom is 0.258 e. The summed E-state index contributed by atoms with van der Waals surface area (Å²) in [5.41, 5.74) is 6.14. The second kappa shape index (κ2) is 6.08. The summed E-state index contributed by atoms with van der Waals surface area (Å²) >= 11 is 0. The molecule has 110 valence electrons. The average molecular weight is 291 g/mol. The SMILES string of the molecule is COc1cc(OC)c(N)c(C(=O)Nc2ccncc2F)c1. The highest BCUT2D eigenvalue weighted by Gasteiger charge is 2.17. The van der Waals surface area contributed by atoms with Gasteiger partial charge in [-0.15, -0.1) is 0 Å². The zero-order valence-electron chi connectivity index (χ0n) is 11.5. The predicted octanol–water partition coefficient (Wildman–Crippen LogP) is 2.07. The Labute approximate surface area is 120 Å². The maximum atomic E-state index is 13.5. The molecule has 0 unspecified atom stereocenters. The molecule has 0 aliphatic rings. The van der Waals surface area contributed by atoms with E-state index < -0.39 is 11.7 Å². The van der Waals surface area contributed by atoms with Gasteiger partial charge in [0.2, 0.25) is 0 Å². The summed E-state index contributed by atoms with van der Waals surface area (Å²) in [5.74, 6) is -0.509. The third-order valence-corrected chi connectivity index (χ3v) is 2.84. The molecule has 0 fully saturated rings. The van der Waals surface area contributed by atoms with Crippen LogP contribution in [0, 0.1) is 5.82 Å². The number of nitrogens with two attached hydrogens (primary N) is 1. The van der Waals surface area contributed by atoms with Gasteiger partial charge in [-0.05, 0) is 12.1 Å². The van der Waals surface area contributed by atoms with E-state index in [4.69, 9.17) is 15.2 Å². The van der Waals surface area contributed by atoms with E-state index in [9.17, 15) is 9.18 Å². The second-order valence-corrected chi connectivity index (χ2v) is 4.10. The average Bonchev–Trinajstić information content (AvgIpc) is 2.49. The first-order chi connectivity index (χ1) is 10.1. The van der Waals surface area contributed by atoms with Gasteiger partial charge in [0.05, 0.1) is 37.4 Å². The van der Waals surface area contributed by atoms with Crippen LogP contribution in [-0.4, -0.2) is 25.1 Å². The Morgan fingerprint density at radius 2 is 2.10 bits per heavy atom. The Balaban J connectivity index is 2.37. The van der Waals surface area contributed by atoms with E-state index in [1.165, 1.54) is 32.5 Å². The number of rotatable bonds is 4. The molecular weight excluding hydrogens is 277 g/mol. The largest absolute Gasteiger partial charge is 0.497 e. The number of nitrogens with one attached hydrogen (secondary N) is 1. The Morgan fingerprint density at radius 3 is 2.71 bits per heavy atom. The third-order valence-electron chi connectivity index (χ3n) is 2.84. The fraction of sp³-hybridized carbons (Fsp3) is 0.143. The summed E-state index contributed by atoms with van der Waals surface area (Å²) in [5, 5.41) is 2.42. The smallest absolute Gasteiger partial charge is 0.258 e. The number of methoxy groups -OCH3 is 2. The van der Waals surface area contributed by atoms with Crippen molar-refractivity contribution in [2.45, 2.75) is 0 Å². The molecule has 0 saturated carbocycles. The van der Waals surface area contributed by atoms with Gasteiger partial charge in [0.1, 0.15) is 11.5 Å². The Kier molecular flexibility index (Phi) is 4.22. The zero-order valence-corrected chi connectivity index (χ0v) is 11.5. The molecule has 0 spiro atoms. The fourth-order valence-electron chi connectivity index (χ4n) is 1.74. The van der Waals surface area contributed by atoms with Crippen molar-refractivity contribution in [3.63, 3.8) is 0 Å². The van der Waals surface area contributed by atoms with E-state index in [0.29, 0.717) is 11.5 Å². The lowest BCUT2D eigenvalue weighted by atomic mass is 10.1. The topological polar surface area (TPSA) is 86.5 Å². The van der Waals surface area contributed by atoms with E-state index in [2.05, 4.69) is 10.3 Å². The van der Waals surface area contributed by atoms with Crippen LogP contribution in [0.3, 0.4) is 0 Å². The van der Waals surface area contributed by atoms with Gasteiger partial charge in [0.25, 0.3) is 5.91 Å². The van der Waals surface area contributed by atoms with Crippen LogP contribution < -0.4 is 20.5 Å².